The number of alkyl halides is 3. The first-order valence-corrected chi connectivity index (χ1v) is 11.5. The molecule has 1 aromatic heterocycles. The Morgan fingerprint density at radius 3 is 2.69 bits per heavy atom. The summed E-state index contributed by atoms with van der Waals surface area (Å²) in [4.78, 5) is 26.9. The Hall–Kier alpha value is -3.45. The number of ether oxygens (including phenoxy) is 2. The van der Waals surface area contributed by atoms with Gasteiger partial charge in [-0.25, -0.2) is 4.68 Å². The Morgan fingerprint density at radius 2 is 1.97 bits per heavy atom. The van der Waals surface area contributed by atoms with E-state index in [-0.39, 0.29) is 23.6 Å². The van der Waals surface area contributed by atoms with Crippen LogP contribution in [-0.4, -0.2) is 90.4 Å². The first kappa shape index (κ1) is 27.1. The van der Waals surface area contributed by atoms with Crippen LogP contribution >= 0.6 is 0 Å². The lowest BCUT2D eigenvalue weighted by Crippen LogP contribution is -2.41. The van der Waals surface area contributed by atoms with Gasteiger partial charge in [-0.2, -0.15) is 13.2 Å². The number of nitrogens with one attached hydrogen (secondary N) is 2. The van der Waals surface area contributed by atoms with E-state index in [1.165, 1.54) is 29.1 Å². The molecule has 0 saturated carbocycles. The van der Waals surface area contributed by atoms with Crippen molar-refractivity contribution in [2.45, 2.75) is 19.0 Å². The van der Waals surface area contributed by atoms with Gasteiger partial charge in [0.15, 0.2) is 5.69 Å². The number of halogens is 3. The highest BCUT2D eigenvalue weighted by atomic mass is 19.4. The van der Waals surface area contributed by atoms with Gasteiger partial charge in [0, 0.05) is 31.7 Å². The van der Waals surface area contributed by atoms with Crippen LogP contribution in [-0.2, 0) is 4.74 Å². The summed E-state index contributed by atoms with van der Waals surface area (Å²) < 4.78 is 49.8. The zero-order chi connectivity index (χ0) is 26.0. The van der Waals surface area contributed by atoms with Crippen molar-refractivity contribution in [1.29, 1.82) is 0 Å². The summed E-state index contributed by atoms with van der Waals surface area (Å²) in [7, 11) is 0. The van der Waals surface area contributed by atoms with E-state index in [2.05, 4.69) is 27.1 Å². The Morgan fingerprint density at radius 1 is 1.19 bits per heavy atom. The molecule has 2 heterocycles. The number of amides is 2. The third-order valence-corrected chi connectivity index (χ3v) is 5.27. The maximum atomic E-state index is 12.5. The van der Waals surface area contributed by atoms with Gasteiger partial charge < -0.3 is 20.1 Å². The molecule has 3 rings (SSSR count). The molecule has 2 N–H and O–H groups in total. The van der Waals surface area contributed by atoms with Gasteiger partial charge in [-0.05, 0) is 31.0 Å². The molecule has 0 radical (unpaired) electrons. The summed E-state index contributed by atoms with van der Waals surface area (Å²) in [6, 6.07) is 4.15. The van der Waals surface area contributed by atoms with Gasteiger partial charge in [-0.1, -0.05) is 11.3 Å². The van der Waals surface area contributed by atoms with Crippen LogP contribution in [0.4, 0.5) is 13.2 Å². The lowest BCUT2D eigenvalue weighted by atomic mass is 10.1. The van der Waals surface area contributed by atoms with Gasteiger partial charge in [0.1, 0.15) is 18.0 Å². The summed E-state index contributed by atoms with van der Waals surface area (Å²) in [6.07, 6.45) is -0.0493. The van der Waals surface area contributed by atoms with Crippen LogP contribution in [0.3, 0.4) is 0 Å². The molecule has 0 aliphatic carbocycles. The molecule has 13 heteroatoms. The SMILES string of the molecule is C=CCCCOc1cc(C(=O)NCC(F)(F)F)ccc1-n1cc(C(=O)NCCN2CCOCC2)nn1. The van der Waals surface area contributed by atoms with E-state index in [1.807, 2.05) is 5.32 Å². The third kappa shape index (κ3) is 8.34. The molecule has 1 aliphatic rings. The first-order chi connectivity index (χ1) is 17.3. The Kier molecular flexibility index (Phi) is 9.82. The van der Waals surface area contributed by atoms with Crippen LogP contribution in [0, 0.1) is 0 Å². The van der Waals surface area contributed by atoms with E-state index in [4.69, 9.17) is 9.47 Å². The van der Waals surface area contributed by atoms with E-state index in [1.54, 1.807) is 6.08 Å². The number of morpholine rings is 1. The minimum absolute atomic E-state index is 0.0112. The molecule has 0 spiro atoms. The maximum Gasteiger partial charge on any atom is 0.405 e. The van der Waals surface area contributed by atoms with Crippen LogP contribution in [0.1, 0.15) is 33.7 Å². The summed E-state index contributed by atoms with van der Waals surface area (Å²) in [5.41, 5.74) is 0.449. The molecule has 0 atom stereocenters. The van der Waals surface area contributed by atoms with Crippen molar-refractivity contribution < 1.29 is 32.2 Å². The standard InChI is InChI=1S/C23H29F3N6O4/c1-2-3-4-11-36-20-14-17(21(33)28-16-23(24,25)26)5-6-19(20)32-15-18(29-30-32)22(34)27-7-8-31-9-12-35-13-10-31/h2,5-6,14-15H,1,3-4,7-13,16H2,(H,27,34)(H,28,33). The Labute approximate surface area is 206 Å². The second kappa shape index (κ2) is 13.0. The van der Waals surface area contributed by atoms with Crippen molar-refractivity contribution in [3.8, 4) is 11.4 Å². The van der Waals surface area contributed by atoms with E-state index in [0.717, 1.165) is 13.1 Å². The van der Waals surface area contributed by atoms with Crippen LogP contribution in [0.25, 0.3) is 5.69 Å². The summed E-state index contributed by atoms with van der Waals surface area (Å²) >= 11 is 0. The Bertz CT molecular complexity index is 1040. The summed E-state index contributed by atoms with van der Waals surface area (Å²) in [5.74, 6) is -1.08. The topological polar surface area (TPSA) is 111 Å². The van der Waals surface area contributed by atoms with Gasteiger partial charge >= 0.3 is 6.18 Å². The molecule has 10 nitrogen and oxygen atoms in total. The highest BCUT2D eigenvalue weighted by Crippen LogP contribution is 2.25. The zero-order valence-electron chi connectivity index (χ0n) is 19.7. The molecular weight excluding hydrogens is 481 g/mol. The normalized spacial score (nSPS) is 14.3. The van der Waals surface area contributed by atoms with Crippen molar-refractivity contribution in [3.05, 3.63) is 48.3 Å². The molecule has 2 aromatic rings. The molecule has 36 heavy (non-hydrogen) atoms. The van der Waals surface area contributed by atoms with E-state index < -0.39 is 24.5 Å². The van der Waals surface area contributed by atoms with Gasteiger partial charge in [0.05, 0.1) is 26.0 Å². The molecule has 1 aliphatic heterocycles. The fourth-order valence-corrected chi connectivity index (χ4v) is 3.38. The number of allylic oxidation sites excluding steroid dienone is 1. The first-order valence-electron chi connectivity index (χ1n) is 11.5. The molecule has 2 amide bonds. The molecule has 0 unspecified atom stereocenters. The predicted molar refractivity (Wildman–Crippen MR) is 124 cm³/mol. The number of hydrogen-bond donors (Lipinski definition) is 2. The number of hydrogen-bond acceptors (Lipinski definition) is 7. The molecule has 196 valence electrons. The Balaban J connectivity index is 1.69. The van der Waals surface area contributed by atoms with Crippen LogP contribution in [0.5, 0.6) is 5.75 Å². The van der Waals surface area contributed by atoms with Crippen LogP contribution < -0.4 is 15.4 Å². The van der Waals surface area contributed by atoms with E-state index in [0.29, 0.717) is 44.8 Å². The van der Waals surface area contributed by atoms with Gasteiger partial charge in [0.25, 0.3) is 11.8 Å². The van der Waals surface area contributed by atoms with Crippen molar-refractivity contribution in [1.82, 2.24) is 30.5 Å². The molecule has 1 aromatic carbocycles. The van der Waals surface area contributed by atoms with Gasteiger partial charge in [-0.15, -0.1) is 11.7 Å². The molecule has 1 fully saturated rings. The number of carbonyl (C=O) groups is 2. The van der Waals surface area contributed by atoms with Crippen molar-refractivity contribution in [2.75, 3.05) is 52.5 Å². The largest absolute Gasteiger partial charge is 0.491 e. The molecule has 1 saturated heterocycles. The smallest absolute Gasteiger partial charge is 0.405 e. The average molecular weight is 511 g/mol. The predicted octanol–water partition coefficient (Wildman–Crippen LogP) is 1.97. The summed E-state index contributed by atoms with van der Waals surface area (Å²) in [6.45, 7) is 6.55. The lowest BCUT2D eigenvalue weighted by molar-refractivity contribution is -0.123. The zero-order valence-corrected chi connectivity index (χ0v) is 19.7. The van der Waals surface area contributed by atoms with Gasteiger partial charge in [0.2, 0.25) is 0 Å². The fourth-order valence-electron chi connectivity index (χ4n) is 3.38. The monoisotopic (exact) mass is 510 g/mol. The molecular formula is C23H29F3N6O4. The minimum atomic E-state index is -4.53. The van der Waals surface area contributed by atoms with Crippen molar-refractivity contribution >= 4 is 11.8 Å². The van der Waals surface area contributed by atoms with Crippen LogP contribution in [0.15, 0.2) is 37.1 Å². The average Bonchev–Trinajstić information content (AvgIpc) is 3.35. The fraction of sp³-hybridized carbons (Fsp3) is 0.478. The van der Waals surface area contributed by atoms with Crippen molar-refractivity contribution in [2.24, 2.45) is 0 Å². The highest BCUT2D eigenvalue weighted by molar-refractivity contribution is 5.95. The number of rotatable bonds is 12. The van der Waals surface area contributed by atoms with E-state index in [9.17, 15) is 22.8 Å². The number of unbranched alkanes of at least 4 members (excludes halogenated alkanes) is 1. The second-order valence-electron chi connectivity index (χ2n) is 8.02. The number of carbonyl (C=O) groups excluding carboxylic acids is 2. The molecule has 0 bridgehead atoms. The van der Waals surface area contributed by atoms with Crippen molar-refractivity contribution in [3.63, 3.8) is 0 Å². The minimum Gasteiger partial charge on any atom is -0.491 e. The van der Waals surface area contributed by atoms with Gasteiger partial charge in [-0.3, -0.25) is 14.5 Å². The van der Waals surface area contributed by atoms with Crippen LogP contribution in [0.2, 0.25) is 0 Å². The highest BCUT2D eigenvalue weighted by Gasteiger charge is 2.28. The number of nitrogens with zero attached hydrogens (tertiary/aromatic N) is 4. The maximum absolute atomic E-state index is 12.5. The quantitative estimate of drug-likeness (QED) is 0.332. The third-order valence-electron chi connectivity index (χ3n) is 5.27. The number of benzene rings is 1. The lowest BCUT2D eigenvalue weighted by Gasteiger charge is -2.26. The second-order valence-corrected chi connectivity index (χ2v) is 8.02. The summed E-state index contributed by atoms with van der Waals surface area (Å²) in [5, 5.41) is 12.5. The number of aromatic nitrogens is 3. The van der Waals surface area contributed by atoms with E-state index >= 15 is 0 Å².